The van der Waals surface area contributed by atoms with E-state index in [9.17, 15) is 0 Å². The summed E-state index contributed by atoms with van der Waals surface area (Å²) >= 11 is 0. The van der Waals surface area contributed by atoms with E-state index in [1.165, 1.54) is 24.1 Å². The fourth-order valence-corrected chi connectivity index (χ4v) is 2.52. The highest BCUT2D eigenvalue weighted by molar-refractivity contribution is 5.25. The Labute approximate surface area is 102 Å². The normalized spacial score (nSPS) is 23.7. The third-order valence-electron chi connectivity index (χ3n) is 3.77. The molecular weight excluding hydrogens is 214 g/mol. The van der Waals surface area contributed by atoms with Crippen LogP contribution in [0.3, 0.4) is 0 Å². The molecule has 0 radical (unpaired) electrons. The zero-order valence-corrected chi connectivity index (χ0v) is 10.5. The molecule has 1 atom stereocenters. The molecule has 1 unspecified atom stereocenters. The molecule has 1 saturated carbocycles. The molecule has 1 aliphatic carbocycles. The maximum absolute atomic E-state index is 5.82. The van der Waals surface area contributed by atoms with Crippen LogP contribution in [0, 0.1) is 5.92 Å². The van der Waals surface area contributed by atoms with Gasteiger partial charge < -0.3 is 10.1 Å². The molecule has 3 rings (SSSR count). The third-order valence-corrected chi connectivity index (χ3v) is 3.77. The summed E-state index contributed by atoms with van der Waals surface area (Å²) in [5.41, 5.74) is 2.74. The van der Waals surface area contributed by atoms with Crippen molar-refractivity contribution < 1.29 is 4.74 Å². The summed E-state index contributed by atoms with van der Waals surface area (Å²) in [4.78, 5) is 0. The van der Waals surface area contributed by atoms with E-state index >= 15 is 0 Å². The highest BCUT2D eigenvalue weighted by Crippen LogP contribution is 2.30. The van der Waals surface area contributed by atoms with Crippen molar-refractivity contribution in [1.29, 1.82) is 0 Å². The van der Waals surface area contributed by atoms with Gasteiger partial charge in [-0.1, -0.05) is 0 Å². The highest BCUT2D eigenvalue weighted by Gasteiger charge is 2.25. The van der Waals surface area contributed by atoms with Crippen LogP contribution in [-0.2, 0) is 17.8 Å². The summed E-state index contributed by atoms with van der Waals surface area (Å²) in [6.07, 6.45) is 4.76. The molecule has 2 aliphatic rings. The number of nitrogens with one attached hydrogen (secondary N) is 1. The summed E-state index contributed by atoms with van der Waals surface area (Å²) in [6.45, 7) is 6.85. The second-order valence-corrected chi connectivity index (χ2v) is 5.17. The van der Waals surface area contributed by atoms with E-state index in [4.69, 9.17) is 4.74 Å². The maximum Gasteiger partial charge on any atom is 0.0558 e. The number of hydrogen-bond donors (Lipinski definition) is 1. The quantitative estimate of drug-likeness (QED) is 0.841. The van der Waals surface area contributed by atoms with Gasteiger partial charge in [0.2, 0.25) is 0 Å². The van der Waals surface area contributed by atoms with Gasteiger partial charge in [0.15, 0.2) is 0 Å². The van der Waals surface area contributed by atoms with E-state index in [1.807, 2.05) is 6.20 Å². The Balaban J connectivity index is 1.63. The molecule has 1 aromatic heterocycles. The smallest absolute Gasteiger partial charge is 0.0558 e. The molecule has 2 heterocycles. The second kappa shape index (κ2) is 4.78. The number of rotatable bonds is 5. The first-order valence-corrected chi connectivity index (χ1v) is 6.71. The van der Waals surface area contributed by atoms with Crippen LogP contribution in [0.5, 0.6) is 0 Å². The van der Waals surface area contributed by atoms with Gasteiger partial charge in [0.25, 0.3) is 0 Å². The number of fused-ring (bicyclic) bond motifs is 1. The molecule has 0 amide bonds. The molecule has 4 nitrogen and oxygen atoms in total. The van der Waals surface area contributed by atoms with Crippen LogP contribution >= 0.6 is 0 Å². The molecule has 17 heavy (non-hydrogen) atoms. The Morgan fingerprint density at radius 2 is 2.35 bits per heavy atom. The Bertz CT molecular complexity index is 384. The lowest BCUT2D eigenvalue weighted by atomic mass is 9.97. The highest BCUT2D eigenvalue weighted by atomic mass is 16.5. The number of ether oxygens (including phenoxy) is 1. The predicted octanol–water partition coefficient (Wildman–Crippen LogP) is 1.52. The van der Waals surface area contributed by atoms with Gasteiger partial charge in [0.1, 0.15) is 0 Å². The van der Waals surface area contributed by atoms with Crippen molar-refractivity contribution in [2.45, 2.75) is 38.8 Å². The van der Waals surface area contributed by atoms with Crippen LogP contribution in [0.4, 0.5) is 0 Å². The van der Waals surface area contributed by atoms with Crippen molar-refractivity contribution in [2.75, 3.05) is 19.8 Å². The maximum atomic E-state index is 5.82. The Morgan fingerprint density at radius 3 is 3.12 bits per heavy atom. The number of aryl methyl sites for hydroxylation is 1. The summed E-state index contributed by atoms with van der Waals surface area (Å²) in [7, 11) is 0. The van der Waals surface area contributed by atoms with E-state index in [2.05, 4.69) is 22.0 Å². The largest absolute Gasteiger partial charge is 0.380 e. The van der Waals surface area contributed by atoms with Crippen molar-refractivity contribution in [2.24, 2.45) is 5.92 Å². The van der Waals surface area contributed by atoms with E-state index < -0.39 is 0 Å². The standard InChI is InChI=1S/C13H21N3O/c1-2-16-13-7-14-5-11(12(13)6-15-16)9-17-8-10-3-4-10/h6,10-11,14H,2-5,7-9H2,1H3. The SMILES string of the molecule is CCn1ncc2c1CNCC2COCC1CC1. The molecule has 4 heteroatoms. The topological polar surface area (TPSA) is 39.1 Å². The number of nitrogens with zero attached hydrogens (tertiary/aromatic N) is 2. The first-order chi connectivity index (χ1) is 8.38. The van der Waals surface area contributed by atoms with Crippen molar-refractivity contribution in [1.82, 2.24) is 15.1 Å². The van der Waals surface area contributed by atoms with Gasteiger partial charge in [-0.25, -0.2) is 0 Å². The zero-order chi connectivity index (χ0) is 11.7. The zero-order valence-electron chi connectivity index (χ0n) is 10.5. The van der Waals surface area contributed by atoms with Gasteiger partial charge in [-0.2, -0.15) is 5.10 Å². The van der Waals surface area contributed by atoms with Gasteiger partial charge in [-0.15, -0.1) is 0 Å². The first-order valence-electron chi connectivity index (χ1n) is 6.71. The molecule has 1 aliphatic heterocycles. The summed E-state index contributed by atoms with van der Waals surface area (Å²) < 4.78 is 7.91. The van der Waals surface area contributed by atoms with Crippen molar-refractivity contribution in [3.63, 3.8) is 0 Å². The lowest BCUT2D eigenvalue weighted by Gasteiger charge is -2.24. The average molecular weight is 235 g/mol. The second-order valence-electron chi connectivity index (χ2n) is 5.17. The summed E-state index contributed by atoms with van der Waals surface area (Å²) in [5, 5.41) is 7.91. The Hall–Kier alpha value is -0.870. The molecule has 94 valence electrons. The Kier molecular flexibility index (Phi) is 3.16. The molecular formula is C13H21N3O. The van der Waals surface area contributed by atoms with Crippen molar-refractivity contribution >= 4 is 0 Å². The van der Waals surface area contributed by atoms with Crippen LogP contribution in [-0.4, -0.2) is 29.5 Å². The fraction of sp³-hybridized carbons (Fsp3) is 0.769. The minimum Gasteiger partial charge on any atom is -0.380 e. The molecule has 1 aromatic rings. The van der Waals surface area contributed by atoms with E-state index in [1.54, 1.807) is 0 Å². The lowest BCUT2D eigenvalue weighted by Crippen LogP contribution is -2.31. The van der Waals surface area contributed by atoms with Gasteiger partial charge in [0.05, 0.1) is 18.5 Å². The molecule has 0 saturated heterocycles. The van der Waals surface area contributed by atoms with Gasteiger partial charge >= 0.3 is 0 Å². The third kappa shape index (κ3) is 2.38. The number of hydrogen-bond acceptors (Lipinski definition) is 3. The fourth-order valence-electron chi connectivity index (χ4n) is 2.52. The molecule has 0 aromatic carbocycles. The summed E-state index contributed by atoms with van der Waals surface area (Å²) in [5.74, 6) is 1.34. The summed E-state index contributed by atoms with van der Waals surface area (Å²) in [6, 6.07) is 0. The van der Waals surface area contributed by atoms with Crippen LogP contribution in [0.2, 0.25) is 0 Å². The van der Waals surface area contributed by atoms with Crippen LogP contribution in [0.1, 0.15) is 36.9 Å². The molecule has 0 bridgehead atoms. The average Bonchev–Trinajstić information content (AvgIpc) is 3.07. The van der Waals surface area contributed by atoms with Crippen LogP contribution < -0.4 is 5.32 Å². The minimum atomic E-state index is 0.484. The number of aromatic nitrogens is 2. The molecule has 0 spiro atoms. The molecule has 1 N–H and O–H groups in total. The van der Waals surface area contributed by atoms with Crippen LogP contribution in [0.25, 0.3) is 0 Å². The minimum absolute atomic E-state index is 0.484. The van der Waals surface area contributed by atoms with E-state index in [0.717, 1.165) is 38.8 Å². The van der Waals surface area contributed by atoms with Gasteiger partial charge in [0, 0.05) is 37.7 Å². The Morgan fingerprint density at radius 1 is 1.47 bits per heavy atom. The molecule has 1 fully saturated rings. The van der Waals surface area contributed by atoms with Crippen molar-refractivity contribution in [3.05, 3.63) is 17.5 Å². The van der Waals surface area contributed by atoms with Crippen molar-refractivity contribution in [3.8, 4) is 0 Å². The van der Waals surface area contributed by atoms with E-state index in [0.29, 0.717) is 5.92 Å². The monoisotopic (exact) mass is 235 g/mol. The van der Waals surface area contributed by atoms with Crippen LogP contribution in [0.15, 0.2) is 6.20 Å². The first kappa shape index (κ1) is 11.2. The van der Waals surface area contributed by atoms with Gasteiger partial charge in [-0.3, -0.25) is 4.68 Å². The van der Waals surface area contributed by atoms with Gasteiger partial charge in [-0.05, 0) is 25.7 Å². The van der Waals surface area contributed by atoms with E-state index in [-0.39, 0.29) is 0 Å². The lowest BCUT2D eigenvalue weighted by molar-refractivity contribution is 0.108. The predicted molar refractivity (Wildman–Crippen MR) is 65.9 cm³/mol.